The number of nitrogens with zero attached hydrogens (tertiary/aromatic N) is 2. The number of halogens is 3. The summed E-state index contributed by atoms with van der Waals surface area (Å²) in [6.45, 7) is 0. The smallest absolute Gasteiger partial charge is 0.318 e. The molecule has 2 N–H and O–H groups in total. The van der Waals surface area contributed by atoms with Crippen LogP contribution in [0.25, 0.3) is 0 Å². The third-order valence-corrected chi connectivity index (χ3v) is 3.68. The van der Waals surface area contributed by atoms with Gasteiger partial charge in [0.1, 0.15) is 5.75 Å². The zero-order chi connectivity index (χ0) is 15.6. The Morgan fingerprint density at radius 1 is 1.24 bits per heavy atom. The molecule has 0 radical (unpaired) electrons. The molecule has 0 aliphatic rings. The third kappa shape index (κ3) is 3.72. The van der Waals surface area contributed by atoms with Crippen molar-refractivity contribution in [3.63, 3.8) is 0 Å². The van der Waals surface area contributed by atoms with Gasteiger partial charge in [0, 0.05) is 28.9 Å². The lowest BCUT2D eigenvalue weighted by Gasteiger charge is -2.03. The Balaban J connectivity index is 2.36. The van der Waals surface area contributed by atoms with E-state index in [-0.39, 0.29) is 21.4 Å². The molecule has 0 atom stereocenters. The van der Waals surface area contributed by atoms with Crippen LogP contribution in [0.15, 0.2) is 39.8 Å². The predicted octanol–water partition coefficient (Wildman–Crippen LogP) is 5.01. The van der Waals surface area contributed by atoms with Gasteiger partial charge in [-0.05, 0) is 34.1 Å². The molecule has 2 aromatic rings. The summed E-state index contributed by atoms with van der Waals surface area (Å²) in [5.41, 5.74) is 0.771. The minimum atomic E-state index is -0.292. The molecule has 0 saturated heterocycles. The van der Waals surface area contributed by atoms with Crippen LogP contribution in [0.3, 0.4) is 0 Å². The Kier molecular flexibility index (Phi) is 4.82. The van der Waals surface area contributed by atoms with Crippen LogP contribution in [0, 0.1) is 4.91 Å². The normalized spacial score (nSPS) is 11.0. The zero-order valence-corrected chi connectivity index (χ0v) is 13.4. The van der Waals surface area contributed by atoms with Gasteiger partial charge in [0.05, 0.1) is 20.1 Å². The van der Waals surface area contributed by atoms with E-state index in [0.29, 0.717) is 20.7 Å². The van der Waals surface area contributed by atoms with Crippen LogP contribution in [-0.4, -0.2) is 21.5 Å². The number of phenolic OH excluding ortho intramolecular Hbond substituents is 1. The number of aromatic hydroxyl groups is 1. The fraction of sp³-hybridized carbons (Fsp3) is 0. The van der Waals surface area contributed by atoms with Crippen molar-refractivity contribution in [2.24, 2.45) is 4.99 Å². The van der Waals surface area contributed by atoms with Crippen LogP contribution in [-0.2, 0) is 0 Å². The highest BCUT2D eigenvalue weighted by Gasteiger charge is 2.13. The quantitative estimate of drug-likeness (QED) is 0.571. The average molecular weight is 391 g/mol. The van der Waals surface area contributed by atoms with E-state index in [2.05, 4.69) is 20.9 Å². The van der Waals surface area contributed by atoms with Crippen molar-refractivity contribution < 1.29 is 15.2 Å². The summed E-state index contributed by atoms with van der Waals surface area (Å²) in [5, 5.41) is 19.3. The Hall–Kier alpha value is -1.63. The zero-order valence-electron chi connectivity index (χ0n) is 10.3. The first kappa shape index (κ1) is 15.8. The van der Waals surface area contributed by atoms with Gasteiger partial charge in [-0.15, -0.1) is 0 Å². The second kappa shape index (κ2) is 6.43. The van der Waals surface area contributed by atoms with E-state index < -0.39 is 0 Å². The first-order valence-corrected chi connectivity index (χ1v) is 7.11. The maximum atomic E-state index is 10.7. The molecule has 0 aliphatic heterocycles. The van der Waals surface area contributed by atoms with Crippen molar-refractivity contribution >= 4 is 56.7 Å². The molecule has 8 heteroatoms. The third-order valence-electron chi connectivity index (χ3n) is 2.55. The summed E-state index contributed by atoms with van der Waals surface area (Å²) in [5.74, 6) is -0.00279. The van der Waals surface area contributed by atoms with Crippen molar-refractivity contribution in [1.29, 1.82) is 0 Å². The molecule has 0 saturated carbocycles. The van der Waals surface area contributed by atoms with Crippen LogP contribution in [0.1, 0.15) is 5.56 Å². The highest BCUT2D eigenvalue weighted by Crippen LogP contribution is 2.32. The van der Waals surface area contributed by atoms with E-state index in [4.69, 9.17) is 28.4 Å². The molecule has 0 unspecified atom stereocenters. The number of hydrogen-bond donors (Lipinski definition) is 2. The number of benzene rings is 2. The molecule has 21 heavy (non-hydrogen) atoms. The maximum Gasteiger partial charge on any atom is 0.318 e. The molecular formula is C13H8BrCl2N2O3+. The van der Waals surface area contributed by atoms with E-state index >= 15 is 0 Å². The Labute approximate surface area is 138 Å². The predicted molar refractivity (Wildman–Crippen MR) is 84.6 cm³/mol. The molecule has 0 aliphatic carbocycles. The fourth-order valence-electron chi connectivity index (χ4n) is 1.54. The van der Waals surface area contributed by atoms with Gasteiger partial charge >= 0.3 is 5.69 Å². The molecule has 0 amide bonds. The van der Waals surface area contributed by atoms with E-state index in [1.165, 1.54) is 24.4 Å². The molecule has 5 nitrogen and oxygen atoms in total. The van der Waals surface area contributed by atoms with E-state index in [1.54, 1.807) is 12.1 Å². The first-order valence-electron chi connectivity index (χ1n) is 5.56. The van der Waals surface area contributed by atoms with Gasteiger partial charge in [-0.25, -0.2) is 5.21 Å². The Morgan fingerprint density at radius 2 is 1.95 bits per heavy atom. The van der Waals surface area contributed by atoms with Crippen LogP contribution in [0.4, 0.5) is 11.4 Å². The topological polar surface area (TPSA) is 72.9 Å². The summed E-state index contributed by atoms with van der Waals surface area (Å²) in [6.07, 6.45) is 1.39. The minimum Gasteiger partial charge on any atom is -0.506 e. The standard InChI is InChI=1S/C13H7BrCl2N2O3/c14-10-4-8(15)3-7(13(10)19)6-17-12-2-1-9(18(20)21)5-11(12)16/h1-6H,(H-,17,19,20,21)/p+1. The maximum absolute atomic E-state index is 10.7. The van der Waals surface area contributed by atoms with Crippen LogP contribution >= 0.6 is 39.1 Å². The molecule has 0 spiro atoms. The first-order chi connectivity index (χ1) is 9.88. The summed E-state index contributed by atoms with van der Waals surface area (Å²) in [6, 6.07) is 7.20. The molecule has 0 aromatic heterocycles. The lowest BCUT2D eigenvalue weighted by Crippen LogP contribution is -1.91. The lowest BCUT2D eigenvalue weighted by molar-refractivity contribution is -0.729. The Bertz CT molecular complexity index is 750. The molecule has 2 rings (SSSR count). The van der Waals surface area contributed by atoms with Crippen LogP contribution < -0.4 is 0 Å². The molecule has 0 bridgehead atoms. The minimum absolute atomic E-state index is 0.00279. The van der Waals surface area contributed by atoms with E-state index in [1.807, 2.05) is 0 Å². The molecular weight excluding hydrogens is 383 g/mol. The SMILES string of the molecule is O=[N+](O)c1ccc(/N=C/c2cc(Cl)cc(Br)c2O)c(Cl)c1. The molecule has 108 valence electrons. The number of aliphatic imine (C=N–C) groups is 1. The second-order valence-corrected chi connectivity index (χ2v) is 5.69. The molecule has 2 aromatic carbocycles. The highest BCUT2D eigenvalue weighted by molar-refractivity contribution is 9.10. The Morgan fingerprint density at radius 3 is 2.57 bits per heavy atom. The number of phenols is 1. The fourth-order valence-corrected chi connectivity index (χ4v) is 2.60. The number of rotatable bonds is 3. The van der Waals surface area contributed by atoms with Gasteiger partial charge in [-0.3, -0.25) is 4.99 Å². The van der Waals surface area contributed by atoms with E-state index in [9.17, 15) is 10.0 Å². The monoisotopic (exact) mass is 389 g/mol. The summed E-state index contributed by atoms with van der Waals surface area (Å²) in [7, 11) is 0. The summed E-state index contributed by atoms with van der Waals surface area (Å²) < 4.78 is 0.445. The second-order valence-electron chi connectivity index (χ2n) is 3.99. The van der Waals surface area contributed by atoms with Crippen molar-refractivity contribution in [3.8, 4) is 5.75 Å². The van der Waals surface area contributed by atoms with Crippen molar-refractivity contribution in [1.82, 2.24) is 0 Å². The van der Waals surface area contributed by atoms with Gasteiger partial charge in [-0.2, -0.15) is 0 Å². The number of hydrogen-bond acceptors (Lipinski definition) is 3. The van der Waals surface area contributed by atoms with Gasteiger partial charge in [0.25, 0.3) is 4.92 Å². The van der Waals surface area contributed by atoms with Gasteiger partial charge in [-0.1, -0.05) is 23.2 Å². The van der Waals surface area contributed by atoms with Gasteiger partial charge in [0.2, 0.25) is 0 Å². The van der Waals surface area contributed by atoms with Gasteiger partial charge in [0.15, 0.2) is 0 Å². The van der Waals surface area contributed by atoms with E-state index in [0.717, 1.165) is 0 Å². The lowest BCUT2D eigenvalue weighted by atomic mass is 10.2. The highest BCUT2D eigenvalue weighted by atomic mass is 79.9. The summed E-state index contributed by atoms with van der Waals surface area (Å²) >= 11 is 15.0. The largest absolute Gasteiger partial charge is 0.506 e. The van der Waals surface area contributed by atoms with Gasteiger partial charge < -0.3 is 5.11 Å². The molecule has 0 heterocycles. The average Bonchev–Trinajstić information content (AvgIpc) is 2.42. The molecule has 0 fully saturated rings. The van der Waals surface area contributed by atoms with Crippen LogP contribution in [0.5, 0.6) is 5.75 Å². The van der Waals surface area contributed by atoms with Crippen molar-refractivity contribution in [2.75, 3.05) is 0 Å². The van der Waals surface area contributed by atoms with Crippen molar-refractivity contribution in [3.05, 3.63) is 55.3 Å². The summed E-state index contributed by atoms with van der Waals surface area (Å²) in [4.78, 5) is 14.6. The van der Waals surface area contributed by atoms with Crippen LogP contribution in [0.2, 0.25) is 10.0 Å². The van der Waals surface area contributed by atoms with Crippen molar-refractivity contribution in [2.45, 2.75) is 0 Å².